The van der Waals surface area contributed by atoms with Crippen LogP contribution in [0.25, 0.3) is 11.0 Å². The van der Waals surface area contributed by atoms with Crippen molar-refractivity contribution in [2.24, 2.45) is 5.92 Å². The quantitative estimate of drug-likeness (QED) is 0.665. The Morgan fingerprint density at radius 1 is 1.08 bits per heavy atom. The van der Waals surface area contributed by atoms with Crippen LogP contribution < -0.4 is 10.6 Å². The van der Waals surface area contributed by atoms with Crippen LogP contribution in [0, 0.1) is 5.92 Å². The van der Waals surface area contributed by atoms with E-state index in [1.54, 1.807) is 18.2 Å². The number of H-pyrrole nitrogens is 1. The van der Waals surface area contributed by atoms with E-state index in [1.807, 2.05) is 38.1 Å². The minimum absolute atomic E-state index is 0.1000. The zero-order valence-electron chi connectivity index (χ0n) is 14.0. The number of pyridine rings is 1. The molecule has 3 aromatic rings. The van der Waals surface area contributed by atoms with Gasteiger partial charge in [-0.2, -0.15) is 0 Å². The molecule has 25 heavy (non-hydrogen) atoms. The molecule has 7 nitrogen and oxygen atoms in total. The van der Waals surface area contributed by atoms with Crippen molar-refractivity contribution in [3.63, 3.8) is 0 Å². The number of amides is 2. The zero-order valence-corrected chi connectivity index (χ0v) is 14.0. The van der Waals surface area contributed by atoms with Gasteiger partial charge in [0.25, 0.3) is 5.91 Å². The van der Waals surface area contributed by atoms with Gasteiger partial charge in [0.1, 0.15) is 11.7 Å². The summed E-state index contributed by atoms with van der Waals surface area (Å²) in [5.74, 6) is -0.474. The van der Waals surface area contributed by atoms with Crippen molar-refractivity contribution in [1.82, 2.24) is 20.3 Å². The van der Waals surface area contributed by atoms with Crippen LogP contribution in [0.2, 0.25) is 0 Å². The maximum Gasteiger partial charge on any atom is 0.270 e. The normalized spacial score (nSPS) is 12.1. The molecule has 0 saturated heterocycles. The second-order valence-corrected chi connectivity index (χ2v) is 6.00. The van der Waals surface area contributed by atoms with Crippen LogP contribution in [-0.4, -0.2) is 32.8 Å². The molecule has 2 aromatic heterocycles. The van der Waals surface area contributed by atoms with Crippen LogP contribution in [-0.2, 0) is 4.79 Å². The molecule has 1 unspecified atom stereocenters. The van der Waals surface area contributed by atoms with E-state index >= 15 is 0 Å². The summed E-state index contributed by atoms with van der Waals surface area (Å²) < 4.78 is 0. The van der Waals surface area contributed by atoms with Crippen molar-refractivity contribution in [3.8, 4) is 0 Å². The van der Waals surface area contributed by atoms with Crippen molar-refractivity contribution in [3.05, 3.63) is 54.4 Å². The van der Waals surface area contributed by atoms with E-state index in [1.165, 1.54) is 6.20 Å². The van der Waals surface area contributed by atoms with E-state index in [2.05, 4.69) is 25.6 Å². The number of nitrogens with zero attached hydrogens (tertiary/aromatic N) is 2. The summed E-state index contributed by atoms with van der Waals surface area (Å²) in [4.78, 5) is 36.2. The summed E-state index contributed by atoms with van der Waals surface area (Å²) in [6, 6.07) is 11.8. The number of benzene rings is 1. The maximum absolute atomic E-state index is 12.6. The second kappa shape index (κ2) is 7.12. The lowest BCUT2D eigenvalue weighted by molar-refractivity contribution is -0.118. The SMILES string of the molecule is CC(C)C(NC(=O)c1ccccn1)C(=O)Nc1nc2ccccc2[nH]1. The molecule has 0 bridgehead atoms. The van der Waals surface area contributed by atoms with Crippen LogP contribution in [0.15, 0.2) is 48.7 Å². The molecule has 0 aliphatic carbocycles. The highest BCUT2D eigenvalue weighted by molar-refractivity contribution is 6.00. The smallest absolute Gasteiger partial charge is 0.270 e. The molecule has 2 amide bonds. The fourth-order valence-electron chi connectivity index (χ4n) is 2.45. The summed E-state index contributed by atoms with van der Waals surface area (Å²) in [7, 11) is 0. The van der Waals surface area contributed by atoms with Gasteiger partial charge < -0.3 is 10.3 Å². The number of para-hydroxylation sites is 2. The standard InChI is InChI=1S/C18H19N5O2/c1-11(2)15(22-16(24)14-9-5-6-10-19-14)17(25)23-18-20-12-7-3-4-8-13(12)21-18/h3-11,15H,1-2H3,(H,22,24)(H2,20,21,23,25). The van der Waals surface area contributed by atoms with E-state index in [-0.39, 0.29) is 23.4 Å². The first-order chi connectivity index (χ1) is 12.0. The lowest BCUT2D eigenvalue weighted by atomic mass is 10.0. The predicted molar refractivity (Wildman–Crippen MR) is 95.1 cm³/mol. The molecular weight excluding hydrogens is 318 g/mol. The molecule has 0 saturated carbocycles. The third kappa shape index (κ3) is 3.82. The van der Waals surface area contributed by atoms with E-state index in [9.17, 15) is 9.59 Å². The molecule has 0 aliphatic heterocycles. The lowest BCUT2D eigenvalue weighted by Crippen LogP contribution is -2.47. The van der Waals surface area contributed by atoms with Crippen LogP contribution in [0.3, 0.4) is 0 Å². The number of carbonyl (C=O) groups excluding carboxylic acids is 2. The second-order valence-electron chi connectivity index (χ2n) is 6.00. The Balaban J connectivity index is 1.73. The summed E-state index contributed by atoms with van der Waals surface area (Å²) in [6.07, 6.45) is 1.54. The van der Waals surface area contributed by atoms with Gasteiger partial charge >= 0.3 is 0 Å². The Morgan fingerprint density at radius 3 is 2.52 bits per heavy atom. The molecule has 1 aromatic carbocycles. The molecule has 7 heteroatoms. The molecule has 2 heterocycles. The van der Waals surface area contributed by atoms with E-state index < -0.39 is 6.04 Å². The third-order valence-electron chi connectivity index (χ3n) is 3.76. The van der Waals surface area contributed by atoms with E-state index in [0.29, 0.717) is 5.95 Å². The summed E-state index contributed by atoms with van der Waals surface area (Å²) in [5.41, 5.74) is 1.86. The number of hydrogen-bond acceptors (Lipinski definition) is 4. The number of fused-ring (bicyclic) bond motifs is 1. The molecule has 1 atom stereocenters. The monoisotopic (exact) mass is 337 g/mol. The summed E-state index contributed by atoms with van der Waals surface area (Å²) >= 11 is 0. The molecule has 0 fully saturated rings. The number of rotatable bonds is 5. The van der Waals surface area contributed by atoms with Gasteiger partial charge in [0.2, 0.25) is 11.9 Å². The largest absolute Gasteiger partial charge is 0.339 e. The highest BCUT2D eigenvalue weighted by atomic mass is 16.2. The number of aromatic amines is 1. The Kier molecular flexibility index (Phi) is 4.74. The van der Waals surface area contributed by atoms with Crippen molar-refractivity contribution in [2.75, 3.05) is 5.32 Å². The van der Waals surface area contributed by atoms with E-state index in [0.717, 1.165) is 11.0 Å². The Labute approximate surface area is 144 Å². The number of imidazole rings is 1. The zero-order chi connectivity index (χ0) is 17.8. The average molecular weight is 337 g/mol. The Morgan fingerprint density at radius 2 is 1.84 bits per heavy atom. The first-order valence-corrected chi connectivity index (χ1v) is 8.02. The fourth-order valence-corrected chi connectivity index (χ4v) is 2.45. The van der Waals surface area contributed by atoms with Gasteiger partial charge in [-0.15, -0.1) is 0 Å². The lowest BCUT2D eigenvalue weighted by Gasteiger charge is -2.20. The number of anilines is 1. The first-order valence-electron chi connectivity index (χ1n) is 8.02. The predicted octanol–water partition coefficient (Wildman–Crippen LogP) is 2.35. The maximum atomic E-state index is 12.6. The Hall–Kier alpha value is -3.22. The highest BCUT2D eigenvalue weighted by Crippen LogP contribution is 2.14. The minimum atomic E-state index is -0.706. The van der Waals surface area contributed by atoms with Crippen molar-refractivity contribution < 1.29 is 9.59 Å². The molecule has 0 spiro atoms. The molecule has 3 rings (SSSR count). The summed E-state index contributed by atoms with van der Waals surface area (Å²) in [5, 5.41) is 5.46. The van der Waals surface area contributed by atoms with Crippen molar-refractivity contribution >= 4 is 28.8 Å². The van der Waals surface area contributed by atoms with Crippen LogP contribution in [0.4, 0.5) is 5.95 Å². The first kappa shape index (κ1) is 16.6. The van der Waals surface area contributed by atoms with Gasteiger partial charge in [-0.1, -0.05) is 32.0 Å². The van der Waals surface area contributed by atoms with Gasteiger partial charge in [0.05, 0.1) is 11.0 Å². The van der Waals surface area contributed by atoms with Gasteiger partial charge in [-0.05, 0) is 30.2 Å². The van der Waals surface area contributed by atoms with Gasteiger partial charge in [-0.3, -0.25) is 19.9 Å². The average Bonchev–Trinajstić information content (AvgIpc) is 3.02. The summed E-state index contributed by atoms with van der Waals surface area (Å²) in [6.45, 7) is 3.73. The molecule has 3 N–H and O–H groups in total. The van der Waals surface area contributed by atoms with E-state index in [4.69, 9.17) is 0 Å². The van der Waals surface area contributed by atoms with Crippen LogP contribution >= 0.6 is 0 Å². The third-order valence-corrected chi connectivity index (χ3v) is 3.76. The number of nitrogens with one attached hydrogen (secondary N) is 3. The fraction of sp³-hybridized carbons (Fsp3) is 0.222. The van der Waals surface area contributed by atoms with Crippen LogP contribution in [0.5, 0.6) is 0 Å². The minimum Gasteiger partial charge on any atom is -0.339 e. The van der Waals surface area contributed by atoms with Crippen molar-refractivity contribution in [1.29, 1.82) is 0 Å². The van der Waals surface area contributed by atoms with Crippen molar-refractivity contribution in [2.45, 2.75) is 19.9 Å². The van der Waals surface area contributed by atoms with Gasteiger partial charge in [0, 0.05) is 6.20 Å². The number of aromatic nitrogens is 3. The van der Waals surface area contributed by atoms with Crippen LogP contribution in [0.1, 0.15) is 24.3 Å². The molecular formula is C18H19N5O2. The number of hydrogen-bond donors (Lipinski definition) is 3. The highest BCUT2D eigenvalue weighted by Gasteiger charge is 2.25. The Bertz CT molecular complexity index is 856. The van der Waals surface area contributed by atoms with Gasteiger partial charge in [0.15, 0.2) is 0 Å². The number of carbonyl (C=O) groups is 2. The topological polar surface area (TPSA) is 99.8 Å². The molecule has 0 aliphatic rings. The molecule has 0 radical (unpaired) electrons. The van der Waals surface area contributed by atoms with Gasteiger partial charge in [-0.25, -0.2) is 4.98 Å². The molecule has 128 valence electrons.